The Balaban J connectivity index is 2.28. The minimum absolute atomic E-state index is 0.256. The SMILES string of the molecule is COc1cc(/C=C2\SC(=S)N(CC(=O)O)C2=O)ccc1SC. The van der Waals surface area contributed by atoms with Crippen LogP contribution in [0.25, 0.3) is 6.08 Å². The number of carboxylic acids is 1. The molecule has 1 fully saturated rings. The van der Waals surface area contributed by atoms with Crippen molar-refractivity contribution in [3.8, 4) is 5.75 Å². The van der Waals surface area contributed by atoms with E-state index in [9.17, 15) is 9.59 Å². The molecule has 8 heteroatoms. The first-order valence-corrected chi connectivity index (χ1v) is 8.60. The lowest BCUT2D eigenvalue weighted by Gasteiger charge is -2.10. The summed E-state index contributed by atoms with van der Waals surface area (Å²) in [6, 6.07) is 5.61. The molecule has 0 aliphatic carbocycles. The van der Waals surface area contributed by atoms with E-state index in [-0.39, 0.29) is 10.2 Å². The van der Waals surface area contributed by atoms with Crippen molar-refractivity contribution in [2.45, 2.75) is 4.90 Å². The maximum absolute atomic E-state index is 12.2. The third-order valence-electron chi connectivity index (χ3n) is 2.87. The summed E-state index contributed by atoms with van der Waals surface area (Å²) in [5.74, 6) is -0.754. The van der Waals surface area contributed by atoms with Crippen LogP contribution in [0.3, 0.4) is 0 Å². The lowest BCUT2D eigenvalue weighted by Crippen LogP contribution is -2.33. The zero-order valence-electron chi connectivity index (χ0n) is 11.9. The number of ether oxygens (including phenoxy) is 1. The molecule has 0 bridgehead atoms. The molecule has 1 aromatic carbocycles. The van der Waals surface area contributed by atoms with Crippen molar-refractivity contribution in [2.75, 3.05) is 19.9 Å². The van der Waals surface area contributed by atoms with Gasteiger partial charge in [-0.1, -0.05) is 30.0 Å². The number of carbonyl (C=O) groups is 2. The van der Waals surface area contributed by atoms with Gasteiger partial charge in [-0.2, -0.15) is 0 Å². The highest BCUT2D eigenvalue weighted by atomic mass is 32.2. The fraction of sp³-hybridized carbons (Fsp3) is 0.214. The van der Waals surface area contributed by atoms with Crippen LogP contribution < -0.4 is 4.74 Å². The summed E-state index contributed by atoms with van der Waals surface area (Å²) in [5.41, 5.74) is 0.797. The molecule has 0 atom stereocenters. The summed E-state index contributed by atoms with van der Waals surface area (Å²) in [6.07, 6.45) is 3.64. The molecule has 1 aliphatic heterocycles. The topological polar surface area (TPSA) is 66.8 Å². The molecule has 1 saturated heterocycles. The zero-order valence-corrected chi connectivity index (χ0v) is 14.3. The Bertz CT molecular complexity index is 672. The van der Waals surface area contributed by atoms with E-state index in [0.717, 1.165) is 32.9 Å². The van der Waals surface area contributed by atoms with Gasteiger partial charge in [0.05, 0.1) is 12.0 Å². The van der Waals surface area contributed by atoms with Crippen molar-refractivity contribution in [1.29, 1.82) is 0 Å². The molecule has 116 valence electrons. The second-order valence-electron chi connectivity index (χ2n) is 4.28. The molecule has 5 nitrogen and oxygen atoms in total. The first-order chi connectivity index (χ1) is 10.5. The quantitative estimate of drug-likeness (QED) is 0.495. The van der Waals surface area contributed by atoms with Crippen molar-refractivity contribution in [3.05, 3.63) is 28.7 Å². The Kier molecular flexibility index (Phi) is 5.49. The smallest absolute Gasteiger partial charge is 0.323 e. The molecule has 0 radical (unpaired) electrons. The van der Waals surface area contributed by atoms with E-state index in [2.05, 4.69) is 0 Å². The number of thiocarbonyl (C=S) groups is 1. The van der Waals surface area contributed by atoms with E-state index in [1.165, 1.54) is 0 Å². The molecule has 2 rings (SSSR count). The molecule has 0 aromatic heterocycles. The third kappa shape index (κ3) is 3.63. The van der Waals surface area contributed by atoms with Gasteiger partial charge in [-0.25, -0.2) is 0 Å². The minimum Gasteiger partial charge on any atom is -0.496 e. The number of carbonyl (C=O) groups excluding carboxylic acids is 1. The van der Waals surface area contributed by atoms with Crippen LogP contribution in [-0.4, -0.2) is 46.1 Å². The number of aliphatic carboxylic acids is 1. The number of hydrogen-bond acceptors (Lipinski definition) is 6. The van der Waals surface area contributed by atoms with Crippen molar-refractivity contribution < 1.29 is 19.4 Å². The van der Waals surface area contributed by atoms with E-state index in [1.807, 2.05) is 24.5 Å². The minimum atomic E-state index is -1.09. The molecule has 1 heterocycles. The average molecular weight is 355 g/mol. The number of methoxy groups -OCH3 is 1. The summed E-state index contributed by atoms with van der Waals surface area (Å²) in [5, 5.41) is 8.81. The highest BCUT2D eigenvalue weighted by Crippen LogP contribution is 2.34. The normalized spacial score (nSPS) is 16.5. The van der Waals surface area contributed by atoms with Gasteiger partial charge in [-0.15, -0.1) is 11.8 Å². The largest absolute Gasteiger partial charge is 0.496 e. The number of thioether (sulfide) groups is 2. The molecule has 22 heavy (non-hydrogen) atoms. The standard InChI is InChI=1S/C14H13NO4S3/c1-19-9-5-8(3-4-10(9)21-2)6-11-13(18)15(7-12(16)17)14(20)22-11/h3-6H,7H2,1-2H3,(H,16,17)/b11-6-. The second-order valence-corrected chi connectivity index (χ2v) is 6.80. The lowest BCUT2D eigenvalue weighted by atomic mass is 10.2. The van der Waals surface area contributed by atoms with Crippen molar-refractivity contribution >= 4 is 58.0 Å². The highest BCUT2D eigenvalue weighted by Gasteiger charge is 2.33. The van der Waals surface area contributed by atoms with Crippen LogP contribution in [0.15, 0.2) is 28.0 Å². The van der Waals surface area contributed by atoms with E-state index in [0.29, 0.717) is 4.91 Å². The maximum atomic E-state index is 12.2. The molecular weight excluding hydrogens is 342 g/mol. The van der Waals surface area contributed by atoms with Gasteiger partial charge in [0.2, 0.25) is 0 Å². The van der Waals surface area contributed by atoms with Gasteiger partial charge in [0.25, 0.3) is 5.91 Å². The fourth-order valence-electron chi connectivity index (χ4n) is 1.87. The van der Waals surface area contributed by atoms with Gasteiger partial charge in [0, 0.05) is 4.90 Å². The summed E-state index contributed by atoms with van der Waals surface area (Å²) in [6.45, 7) is -0.420. The van der Waals surface area contributed by atoms with Crippen LogP contribution in [0, 0.1) is 0 Å². The summed E-state index contributed by atoms with van der Waals surface area (Å²) < 4.78 is 5.56. The summed E-state index contributed by atoms with van der Waals surface area (Å²) >= 11 is 7.72. The Hall–Kier alpha value is -1.51. The van der Waals surface area contributed by atoms with Gasteiger partial charge in [0.15, 0.2) is 0 Å². The van der Waals surface area contributed by atoms with E-state index >= 15 is 0 Å². The molecule has 0 spiro atoms. The highest BCUT2D eigenvalue weighted by molar-refractivity contribution is 8.26. The van der Waals surface area contributed by atoms with Crippen molar-refractivity contribution in [1.82, 2.24) is 4.90 Å². The number of nitrogens with zero attached hydrogens (tertiary/aromatic N) is 1. The number of carboxylic acid groups (broad SMARTS) is 1. The predicted octanol–water partition coefficient (Wildman–Crippen LogP) is 2.70. The second kappa shape index (κ2) is 7.17. The summed E-state index contributed by atoms with van der Waals surface area (Å²) in [4.78, 5) is 25.4. The Morgan fingerprint density at radius 1 is 1.55 bits per heavy atom. The molecule has 1 amide bonds. The first-order valence-electron chi connectivity index (χ1n) is 6.15. The van der Waals surface area contributed by atoms with E-state index < -0.39 is 12.5 Å². The average Bonchev–Trinajstić information content (AvgIpc) is 2.74. The Morgan fingerprint density at radius 2 is 2.27 bits per heavy atom. The molecule has 1 aliphatic rings. The van der Waals surface area contributed by atoms with Gasteiger partial charge in [-0.3, -0.25) is 14.5 Å². The predicted molar refractivity (Wildman–Crippen MR) is 92.3 cm³/mol. The number of rotatable bonds is 5. The number of amides is 1. The van der Waals surface area contributed by atoms with Crippen LogP contribution >= 0.6 is 35.7 Å². The van der Waals surface area contributed by atoms with Gasteiger partial charge >= 0.3 is 5.97 Å². The summed E-state index contributed by atoms with van der Waals surface area (Å²) in [7, 11) is 1.59. The molecular formula is C14H13NO4S3. The van der Waals surface area contributed by atoms with Gasteiger partial charge in [0.1, 0.15) is 16.6 Å². The molecule has 0 unspecified atom stereocenters. The third-order valence-corrected chi connectivity index (χ3v) is 5.03. The van der Waals surface area contributed by atoms with Crippen LogP contribution in [0.4, 0.5) is 0 Å². The zero-order chi connectivity index (χ0) is 16.3. The Labute approximate surface area is 141 Å². The van der Waals surface area contributed by atoms with Crippen LogP contribution in [0.2, 0.25) is 0 Å². The van der Waals surface area contributed by atoms with Crippen LogP contribution in [-0.2, 0) is 9.59 Å². The fourth-order valence-corrected chi connectivity index (χ4v) is 3.67. The van der Waals surface area contributed by atoms with Gasteiger partial charge < -0.3 is 9.84 Å². The first kappa shape index (κ1) is 16.9. The lowest BCUT2D eigenvalue weighted by molar-refractivity contribution is -0.140. The molecule has 1 N–H and O–H groups in total. The van der Waals surface area contributed by atoms with Crippen LogP contribution in [0.5, 0.6) is 5.75 Å². The maximum Gasteiger partial charge on any atom is 0.323 e. The van der Waals surface area contributed by atoms with Crippen molar-refractivity contribution in [3.63, 3.8) is 0 Å². The molecule has 0 saturated carbocycles. The number of benzene rings is 1. The molecule has 1 aromatic rings. The van der Waals surface area contributed by atoms with E-state index in [1.54, 1.807) is 24.9 Å². The van der Waals surface area contributed by atoms with Crippen LogP contribution in [0.1, 0.15) is 5.56 Å². The number of hydrogen-bond donors (Lipinski definition) is 1. The Morgan fingerprint density at radius 3 is 2.86 bits per heavy atom. The van der Waals surface area contributed by atoms with Gasteiger partial charge in [-0.05, 0) is 30.0 Å². The monoisotopic (exact) mass is 355 g/mol. The van der Waals surface area contributed by atoms with E-state index in [4.69, 9.17) is 22.1 Å². The van der Waals surface area contributed by atoms with Crippen molar-refractivity contribution in [2.24, 2.45) is 0 Å².